The fourth-order valence-corrected chi connectivity index (χ4v) is 7.39. The van der Waals surface area contributed by atoms with E-state index in [2.05, 4.69) is 0 Å². The van der Waals surface area contributed by atoms with Gasteiger partial charge in [-0.2, -0.15) is 0 Å². The Morgan fingerprint density at radius 2 is 1.82 bits per heavy atom. The number of allylic oxidation sites excluding steroid dienone is 1. The number of aliphatic hydroxyl groups excluding tert-OH is 2. The van der Waals surface area contributed by atoms with Crippen LogP contribution in [0, 0.1) is 28.6 Å². The Labute approximate surface area is 165 Å². The van der Waals surface area contributed by atoms with Crippen LogP contribution >= 0.6 is 0 Å². The summed E-state index contributed by atoms with van der Waals surface area (Å²) in [6.07, 6.45) is 3.22. The minimum absolute atomic E-state index is 0.0599. The van der Waals surface area contributed by atoms with Crippen LogP contribution in [0.4, 0.5) is 0 Å². The van der Waals surface area contributed by atoms with Crippen molar-refractivity contribution in [3.63, 3.8) is 0 Å². The molecule has 0 aromatic heterocycles. The van der Waals surface area contributed by atoms with Gasteiger partial charge in [-0.05, 0) is 68.4 Å². The molecule has 156 valence electrons. The third-order valence-electron chi connectivity index (χ3n) is 9.06. The predicted molar refractivity (Wildman–Crippen MR) is 101 cm³/mol. The largest absolute Gasteiger partial charge is 0.390 e. The van der Waals surface area contributed by atoms with Crippen molar-refractivity contribution in [3.05, 3.63) is 11.6 Å². The highest BCUT2D eigenvalue weighted by molar-refractivity contribution is 5.95. The molecular weight excluding hydrogens is 360 g/mol. The van der Waals surface area contributed by atoms with Gasteiger partial charge in [0, 0.05) is 17.3 Å². The van der Waals surface area contributed by atoms with Gasteiger partial charge in [0.1, 0.15) is 5.60 Å². The lowest BCUT2D eigenvalue weighted by Crippen LogP contribution is -2.62. The van der Waals surface area contributed by atoms with Gasteiger partial charge in [-0.1, -0.05) is 13.8 Å². The van der Waals surface area contributed by atoms with Crippen LogP contribution in [0.25, 0.3) is 0 Å². The molecule has 0 heterocycles. The Bertz CT molecular complexity index is 743. The van der Waals surface area contributed by atoms with E-state index in [4.69, 9.17) is 0 Å². The monoisotopic (exact) mass is 392 g/mol. The van der Waals surface area contributed by atoms with Gasteiger partial charge < -0.3 is 25.2 Å². The standard InChI is InChI=1S/C22H32O6/c1-19-10-17(26)16(25)9-14(19)15(24)8-13-12(19)4-6-20(2)18(21(3,27)11-23)5-7-22(13,20)28/h8,11-12,14,16-18,25-28H,4-7,9-10H2,1-3H3/t12-,14?,16?,17?,18-,19+,20+,21?,22+/m0/s1. The molecule has 0 aromatic rings. The second-order valence-electron chi connectivity index (χ2n) is 10.4. The maximum atomic E-state index is 13.0. The minimum atomic E-state index is -1.52. The van der Waals surface area contributed by atoms with E-state index in [1.807, 2.05) is 13.8 Å². The molecule has 0 saturated heterocycles. The summed E-state index contributed by atoms with van der Waals surface area (Å²) in [5.74, 6) is -0.898. The Balaban J connectivity index is 1.79. The number of aliphatic hydroxyl groups is 4. The van der Waals surface area contributed by atoms with Gasteiger partial charge in [-0.25, -0.2) is 0 Å². The second kappa shape index (κ2) is 5.97. The highest BCUT2D eigenvalue weighted by Crippen LogP contribution is 2.68. The average Bonchev–Trinajstić information content (AvgIpc) is 2.90. The molecule has 0 amide bonds. The van der Waals surface area contributed by atoms with Crippen molar-refractivity contribution in [1.82, 2.24) is 0 Å². The zero-order chi connectivity index (χ0) is 20.7. The van der Waals surface area contributed by atoms with Crippen LogP contribution in [0.15, 0.2) is 11.6 Å². The summed E-state index contributed by atoms with van der Waals surface area (Å²) in [6, 6.07) is 0. The summed E-state index contributed by atoms with van der Waals surface area (Å²) in [6.45, 7) is 5.44. The van der Waals surface area contributed by atoms with Crippen LogP contribution in [0.2, 0.25) is 0 Å². The average molecular weight is 392 g/mol. The van der Waals surface area contributed by atoms with Gasteiger partial charge in [0.15, 0.2) is 12.1 Å². The Hall–Kier alpha value is -1.08. The summed E-state index contributed by atoms with van der Waals surface area (Å²) in [5.41, 5.74) is -3.28. The number of rotatable bonds is 2. The molecule has 3 saturated carbocycles. The van der Waals surface area contributed by atoms with E-state index in [1.54, 1.807) is 6.08 Å². The normalized spacial score (nSPS) is 52.8. The maximum Gasteiger partial charge on any atom is 0.159 e. The van der Waals surface area contributed by atoms with Crippen molar-refractivity contribution >= 4 is 12.1 Å². The molecule has 6 nitrogen and oxygen atoms in total. The van der Waals surface area contributed by atoms with E-state index >= 15 is 0 Å². The van der Waals surface area contributed by atoms with E-state index in [0.717, 1.165) is 6.42 Å². The number of carbonyl (C=O) groups excluding carboxylic acids is 2. The maximum absolute atomic E-state index is 13.0. The van der Waals surface area contributed by atoms with Crippen molar-refractivity contribution < 1.29 is 30.0 Å². The molecule has 0 radical (unpaired) electrons. The molecule has 4 unspecified atom stereocenters. The van der Waals surface area contributed by atoms with Gasteiger partial charge in [0.2, 0.25) is 0 Å². The number of aldehydes is 1. The number of carbonyl (C=O) groups is 2. The van der Waals surface area contributed by atoms with Crippen LogP contribution < -0.4 is 0 Å². The first-order valence-corrected chi connectivity index (χ1v) is 10.4. The molecule has 4 aliphatic carbocycles. The van der Waals surface area contributed by atoms with Crippen LogP contribution in [0.5, 0.6) is 0 Å². The molecule has 9 atom stereocenters. The van der Waals surface area contributed by atoms with Crippen molar-refractivity contribution in [2.75, 3.05) is 0 Å². The summed E-state index contributed by atoms with van der Waals surface area (Å²) >= 11 is 0. The Morgan fingerprint density at radius 1 is 1.14 bits per heavy atom. The highest BCUT2D eigenvalue weighted by Gasteiger charge is 2.68. The van der Waals surface area contributed by atoms with Crippen molar-refractivity contribution in [1.29, 1.82) is 0 Å². The lowest BCUT2D eigenvalue weighted by molar-refractivity contribution is -0.162. The summed E-state index contributed by atoms with van der Waals surface area (Å²) in [7, 11) is 0. The van der Waals surface area contributed by atoms with Crippen LogP contribution in [-0.4, -0.2) is 55.9 Å². The molecular formula is C22H32O6. The van der Waals surface area contributed by atoms with Crippen molar-refractivity contribution in [2.45, 2.75) is 82.7 Å². The molecule has 0 aliphatic heterocycles. The number of hydrogen-bond acceptors (Lipinski definition) is 6. The summed E-state index contributed by atoms with van der Waals surface area (Å²) < 4.78 is 0. The first-order valence-electron chi connectivity index (χ1n) is 10.4. The van der Waals surface area contributed by atoms with Crippen molar-refractivity contribution in [3.8, 4) is 0 Å². The van der Waals surface area contributed by atoms with Gasteiger partial charge in [-0.15, -0.1) is 0 Å². The zero-order valence-corrected chi connectivity index (χ0v) is 16.9. The second-order valence-corrected chi connectivity index (χ2v) is 10.4. The lowest BCUT2D eigenvalue weighted by Gasteiger charge is -2.60. The van der Waals surface area contributed by atoms with E-state index in [9.17, 15) is 30.0 Å². The Kier molecular flexibility index (Phi) is 4.31. The molecule has 6 heteroatoms. The van der Waals surface area contributed by atoms with Crippen LogP contribution in [0.3, 0.4) is 0 Å². The van der Waals surface area contributed by atoms with E-state index in [-0.39, 0.29) is 30.0 Å². The molecule has 0 aromatic carbocycles. The topological polar surface area (TPSA) is 115 Å². The first-order chi connectivity index (χ1) is 12.9. The molecule has 3 fully saturated rings. The molecule has 4 rings (SSSR count). The smallest absolute Gasteiger partial charge is 0.159 e. The first kappa shape index (κ1) is 20.2. The van der Waals surface area contributed by atoms with Gasteiger partial charge in [-0.3, -0.25) is 4.79 Å². The van der Waals surface area contributed by atoms with Crippen LogP contribution in [-0.2, 0) is 9.59 Å². The van der Waals surface area contributed by atoms with Crippen molar-refractivity contribution in [2.24, 2.45) is 28.6 Å². The fourth-order valence-electron chi connectivity index (χ4n) is 7.39. The number of fused-ring (bicyclic) bond motifs is 5. The molecule has 4 aliphatic rings. The van der Waals surface area contributed by atoms with E-state index < -0.39 is 34.2 Å². The number of ketones is 1. The van der Waals surface area contributed by atoms with Gasteiger partial charge in [0.25, 0.3) is 0 Å². The third kappa shape index (κ3) is 2.35. The van der Waals surface area contributed by atoms with E-state index in [0.29, 0.717) is 37.5 Å². The zero-order valence-electron chi connectivity index (χ0n) is 16.9. The van der Waals surface area contributed by atoms with E-state index in [1.165, 1.54) is 6.92 Å². The fraction of sp³-hybridized carbons (Fsp3) is 0.818. The quantitative estimate of drug-likeness (QED) is 0.524. The number of hydrogen-bond donors (Lipinski definition) is 4. The lowest BCUT2D eigenvalue weighted by atomic mass is 9.45. The summed E-state index contributed by atoms with van der Waals surface area (Å²) in [4.78, 5) is 24.5. The SMILES string of the molecule is CC(O)(C=O)[C@H]1CC[C@@]2(O)C3=CC(=O)C4CC(O)C(O)C[C@]4(C)[C@H]3CC[C@]12C. The van der Waals surface area contributed by atoms with Crippen LogP contribution in [0.1, 0.15) is 59.3 Å². The molecule has 0 bridgehead atoms. The molecule has 0 spiro atoms. The Morgan fingerprint density at radius 3 is 2.46 bits per heavy atom. The highest BCUT2D eigenvalue weighted by atomic mass is 16.3. The van der Waals surface area contributed by atoms with Gasteiger partial charge >= 0.3 is 0 Å². The third-order valence-corrected chi connectivity index (χ3v) is 9.06. The predicted octanol–water partition coefficient (Wildman–Crippen LogP) is 1.14. The summed E-state index contributed by atoms with van der Waals surface area (Å²) in [5, 5.41) is 43.0. The molecule has 28 heavy (non-hydrogen) atoms. The van der Waals surface area contributed by atoms with Gasteiger partial charge in [0.05, 0.1) is 17.8 Å². The molecule has 4 N–H and O–H groups in total. The minimum Gasteiger partial charge on any atom is -0.390 e.